The molecule has 6 aliphatic rings. The molecule has 2 amide bonds. The molecule has 0 aromatic heterocycles. The highest BCUT2D eigenvalue weighted by Gasteiger charge is 2.57. The average Bonchev–Trinajstić information content (AvgIpc) is 3.15. The van der Waals surface area contributed by atoms with Crippen LogP contribution in [0.1, 0.15) is 58.3 Å². The topological polar surface area (TPSA) is 43.9 Å². The Labute approximate surface area is 163 Å². The van der Waals surface area contributed by atoms with Crippen molar-refractivity contribution in [1.82, 2.24) is 14.7 Å². The van der Waals surface area contributed by atoms with Crippen molar-refractivity contribution in [3.63, 3.8) is 0 Å². The molecule has 0 N–H and O–H groups in total. The number of likely N-dealkylation sites (tertiary alicyclic amines) is 1. The first-order valence-corrected chi connectivity index (χ1v) is 11.4. The van der Waals surface area contributed by atoms with Crippen molar-refractivity contribution < 1.29 is 9.59 Å². The Bertz CT molecular complexity index is 575. The molecule has 1 unspecified atom stereocenters. The van der Waals surface area contributed by atoms with Crippen LogP contribution in [0.3, 0.4) is 0 Å². The van der Waals surface area contributed by atoms with Crippen molar-refractivity contribution in [2.24, 2.45) is 23.2 Å². The summed E-state index contributed by atoms with van der Waals surface area (Å²) in [7, 11) is 0. The van der Waals surface area contributed by atoms with Crippen LogP contribution < -0.4 is 0 Å². The zero-order chi connectivity index (χ0) is 18.6. The van der Waals surface area contributed by atoms with E-state index >= 15 is 0 Å². The van der Waals surface area contributed by atoms with E-state index in [-0.39, 0.29) is 17.4 Å². The normalized spacial score (nSPS) is 41.4. The van der Waals surface area contributed by atoms with Crippen LogP contribution in [0.15, 0.2) is 0 Å². The Kier molecular flexibility index (Phi) is 4.49. The highest BCUT2D eigenvalue weighted by molar-refractivity contribution is 5.91. The first-order valence-electron chi connectivity index (χ1n) is 11.4. The molecule has 6 rings (SSSR count). The highest BCUT2D eigenvalue weighted by atomic mass is 16.2. The van der Waals surface area contributed by atoms with E-state index < -0.39 is 0 Å². The van der Waals surface area contributed by atoms with Gasteiger partial charge in [0.05, 0.1) is 5.41 Å². The summed E-state index contributed by atoms with van der Waals surface area (Å²) < 4.78 is 0. The van der Waals surface area contributed by atoms with Gasteiger partial charge in [0.1, 0.15) is 6.04 Å². The molecular weight excluding hydrogens is 338 g/mol. The number of amides is 2. The van der Waals surface area contributed by atoms with Crippen molar-refractivity contribution in [3.8, 4) is 0 Å². The van der Waals surface area contributed by atoms with Gasteiger partial charge in [-0.1, -0.05) is 6.92 Å². The molecule has 6 fully saturated rings. The predicted octanol–water partition coefficient (Wildman–Crippen LogP) is 2.36. The van der Waals surface area contributed by atoms with Crippen molar-refractivity contribution in [3.05, 3.63) is 0 Å². The molecule has 0 spiro atoms. The van der Waals surface area contributed by atoms with E-state index in [4.69, 9.17) is 0 Å². The third kappa shape index (κ3) is 3.01. The lowest BCUT2D eigenvalue weighted by molar-refractivity contribution is -0.162. The first-order chi connectivity index (χ1) is 13.1. The third-order valence-electron chi connectivity index (χ3n) is 8.42. The second-order valence-electron chi connectivity index (χ2n) is 10.1. The molecule has 4 aliphatic carbocycles. The number of carbonyl (C=O) groups is 2. The molecule has 2 heterocycles. The summed E-state index contributed by atoms with van der Waals surface area (Å²) in [5, 5.41) is 0. The molecule has 2 aliphatic heterocycles. The molecule has 27 heavy (non-hydrogen) atoms. The predicted molar refractivity (Wildman–Crippen MR) is 104 cm³/mol. The summed E-state index contributed by atoms with van der Waals surface area (Å²) >= 11 is 0. The van der Waals surface area contributed by atoms with Crippen LogP contribution in [0.25, 0.3) is 0 Å². The third-order valence-corrected chi connectivity index (χ3v) is 8.42. The van der Waals surface area contributed by atoms with Gasteiger partial charge >= 0.3 is 0 Å². The van der Waals surface area contributed by atoms with Crippen LogP contribution >= 0.6 is 0 Å². The van der Waals surface area contributed by atoms with E-state index in [9.17, 15) is 9.59 Å². The first kappa shape index (κ1) is 18.0. The van der Waals surface area contributed by atoms with Gasteiger partial charge in [-0.15, -0.1) is 0 Å². The molecule has 0 radical (unpaired) electrons. The quantitative estimate of drug-likeness (QED) is 0.763. The smallest absolute Gasteiger partial charge is 0.245 e. The Morgan fingerprint density at radius 3 is 2.04 bits per heavy atom. The van der Waals surface area contributed by atoms with Gasteiger partial charge in [0.2, 0.25) is 11.8 Å². The van der Waals surface area contributed by atoms with Gasteiger partial charge in [0, 0.05) is 32.7 Å². The molecular formula is C22H35N3O2. The lowest BCUT2D eigenvalue weighted by Gasteiger charge is -2.56. The van der Waals surface area contributed by atoms with Crippen LogP contribution in [0.5, 0.6) is 0 Å². The fourth-order valence-corrected chi connectivity index (χ4v) is 7.44. The minimum Gasteiger partial charge on any atom is -0.338 e. The van der Waals surface area contributed by atoms with E-state index in [1.807, 2.05) is 9.80 Å². The van der Waals surface area contributed by atoms with Gasteiger partial charge in [0.25, 0.3) is 0 Å². The second kappa shape index (κ2) is 6.75. The van der Waals surface area contributed by atoms with E-state index in [1.54, 1.807) is 0 Å². The molecule has 0 aromatic rings. The van der Waals surface area contributed by atoms with E-state index in [1.165, 1.54) is 19.3 Å². The fraction of sp³-hybridized carbons (Fsp3) is 0.909. The minimum absolute atomic E-state index is 0.113. The Hall–Kier alpha value is -1.10. The number of carbonyl (C=O) groups excluding carboxylic acids is 2. The zero-order valence-electron chi connectivity index (χ0n) is 16.9. The van der Waals surface area contributed by atoms with Crippen molar-refractivity contribution in [2.75, 3.05) is 39.3 Å². The fourth-order valence-electron chi connectivity index (χ4n) is 7.44. The zero-order valence-corrected chi connectivity index (χ0v) is 16.9. The van der Waals surface area contributed by atoms with E-state index in [0.717, 1.165) is 89.1 Å². The standard InChI is InChI=1S/C22H35N3O2/c1-2-23-6-8-24(9-7-23)20(26)19-4-3-5-25(19)21(27)22-13-16-10-17(14-22)12-18(11-16)15-22/h16-19H,2-15H2,1H3. The molecule has 150 valence electrons. The summed E-state index contributed by atoms with van der Waals surface area (Å²) in [4.78, 5) is 33.5. The summed E-state index contributed by atoms with van der Waals surface area (Å²) in [5.74, 6) is 2.91. The number of nitrogens with zero attached hydrogens (tertiary/aromatic N) is 3. The Morgan fingerprint density at radius 1 is 0.889 bits per heavy atom. The van der Waals surface area contributed by atoms with Crippen molar-refractivity contribution in [2.45, 2.75) is 64.3 Å². The number of hydrogen-bond acceptors (Lipinski definition) is 3. The van der Waals surface area contributed by atoms with Crippen LogP contribution in [-0.2, 0) is 9.59 Å². The Balaban J connectivity index is 1.30. The number of likely N-dealkylation sites (N-methyl/N-ethyl adjacent to an activating group) is 1. The van der Waals surface area contributed by atoms with Crippen molar-refractivity contribution in [1.29, 1.82) is 0 Å². The van der Waals surface area contributed by atoms with Crippen LogP contribution in [-0.4, -0.2) is 71.8 Å². The Morgan fingerprint density at radius 2 is 1.48 bits per heavy atom. The summed E-state index contributed by atoms with van der Waals surface area (Å²) in [6.45, 7) is 7.62. The van der Waals surface area contributed by atoms with Crippen LogP contribution in [0, 0.1) is 23.2 Å². The number of piperazine rings is 1. The maximum absolute atomic E-state index is 13.7. The molecule has 4 bridgehead atoms. The largest absolute Gasteiger partial charge is 0.338 e. The van der Waals surface area contributed by atoms with Gasteiger partial charge < -0.3 is 14.7 Å². The summed E-state index contributed by atoms with van der Waals surface area (Å²) in [5.41, 5.74) is -0.113. The highest BCUT2D eigenvalue weighted by Crippen LogP contribution is 2.60. The second-order valence-corrected chi connectivity index (χ2v) is 10.1. The monoisotopic (exact) mass is 373 g/mol. The van der Waals surface area contributed by atoms with Gasteiger partial charge in [-0.25, -0.2) is 0 Å². The van der Waals surface area contributed by atoms with Gasteiger partial charge in [-0.3, -0.25) is 9.59 Å². The van der Waals surface area contributed by atoms with Gasteiger partial charge in [0.15, 0.2) is 0 Å². The molecule has 4 saturated carbocycles. The molecule has 1 atom stereocenters. The lowest BCUT2D eigenvalue weighted by Crippen LogP contribution is -2.59. The maximum Gasteiger partial charge on any atom is 0.245 e. The van der Waals surface area contributed by atoms with Crippen molar-refractivity contribution >= 4 is 11.8 Å². The number of rotatable bonds is 3. The average molecular weight is 374 g/mol. The lowest BCUT2D eigenvalue weighted by atomic mass is 9.49. The SMILES string of the molecule is CCN1CCN(C(=O)C2CCCN2C(=O)C23CC4CC(CC(C4)C2)C3)CC1. The van der Waals surface area contributed by atoms with E-state index in [2.05, 4.69) is 11.8 Å². The summed E-state index contributed by atoms with van der Waals surface area (Å²) in [6, 6.07) is -0.182. The molecule has 0 aromatic carbocycles. The minimum atomic E-state index is -0.182. The molecule has 5 heteroatoms. The van der Waals surface area contributed by atoms with Crippen LogP contribution in [0.4, 0.5) is 0 Å². The molecule has 5 nitrogen and oxygen atoms in total. The van der Waals surface area contributed by atoms with E-state index in [0.29, 0.717) is 5.91 Å². The van der Waals surface area contributed by atoms with Gasteiger partial charge in [-0.2, -0.15) is 0 Å². The van der Waals surface area contributed by atoms with Crippen LogP contribution in [0.2, 0.25) is 0 Å². The summed E-state index contributed by atoms with van der Waals surface area (Å²) in [6.07, 6.45) is 9.23. The molecule has 2 saturated heterocycles. The number of hydrogen-bond donors (Lipinski definition) is 0. The maximum atomic E-state index is 13.7. The van der Waals surface area contributed by atoms with Gasteiger partial charge in [-0.05, 0) is 75.7 Å².